The first-order valence-corrected chi connectivity index (χ1v) is 8.28. The monoisotopic (exact) mass is 331 g/mol. The maximum absolute atomic E-state index is 12.6. The largest absolute Gasteiger partial charge is 0.475 e. The van der Waals surface area contributed by atoms with Crippen LogP contribution in [-0.4, -0.2) is 31.6 Å². The van der Waals surface area contributed by atoms with Crippen molar-refractivity contribution in [2.24, 2.45) is 0 Å². The Balaban J connectivity index is 1.78. The van der Waals surface area contributed by atoms with Crippen LogP contribution in [0.5, 0.6) is 5.75 Å². The fraction of sp³-hybridized carbons (Fsp3) is 0.294. The van der Waals surface area contributed by atoms with Crippen LogP contribution in [0.25, 0.3) is 0 Å². The first-order valence-electron chi connectivity index (χ1n) is 7.34. The highest BCUT2D eigenvalue weighted by Gasteiger charge is 2.34. The Morgan fingerprint density at radius 1 is 1.35 bits per heavy atom. The molecule has 0 bridgehead atoms. The van der Waals surface area contributed by atoms with Gasteiger partial charge in [-0.3, -0.25) is 4.79 Å². The predicted octanol–water partition coefficient (Wildman–Crippen LogP) is 2.65. The summed E-state index contributed by atoms with van der Waals surface area (Å²) in [6.45, 7) is 0.173. The number of fused-ring (bicyclic) bond motifs is 1. The van der Waals surface area contributed by atoms with Gasteiger partial charge < -0.3 is 14.4 Å². The van der Waals surface area contributed by atoms with Crippen molar-refractivity contribution in [2.75, 3.05) is 18.6 Å². The third-order valence-electron chi connectivity index (χ3n) is 3.75. The molecule has 0 saturated carbocycles. The van der Waals surface area contributed by atoms with Crippen LogP contribution in [0.15, 0.2) is 41.1 Å². The molecule has 1 aliphatic heterocycles. The second-order valence-electron chi connectivity index (χ2n) is 5.23. The molecule has 0 radical (unpaired) electrons. The standard InChI is InChI=1S/C17H17NO4S/c1-21-17(20)15-10-18(13-4-2-3-5-14(13)22-15)16(19)7-6-12-8-9-23-11-12/h2-5,8-9,11,15H,6-7,10H2,1H3. The molecular weight excluding hydrogens is 314 g/mol. The van der Waals surface area contributed by atoms with Crippen LogP contribution in [0.2, 0.25) is 0 Å². The zero-order valence-electron chi connectivity index (χ0n) is 12.7. The molecule has 1 atom stereocenters. The van der Waals surface area contributed by atoms with Gasteiger partial charge in [0.1, 0.15) is 5.75 Å². The molecule has 0 N–H and O–H groups in total. The molecule has 0 spiro atoms. The highest BCUT2D eigenvalue weighted by Crippen LogP contribution is 2.33. The molecule has 0 fully saturated rings. The quantitative estimate of drug-likeness (QED) is 0.808. The molecule has 5 nitrogen and oxygen atoms in total. The smallest absolute Gasteiger partial charge is 0.348 e. The number of hydrogen-bond donors (Lipinski definition) is 0. The van der Waals surface area contributed by atoms with Crippen LogP contribution in [0.4, 0.5) is 5.69 Å². The molecule has 0 aliphatic carbocycles. The van der Waals surface area contributed by atoms with E-state index < -0.39 is 12.1 Å². The van der Waals surface area contributed by atoms with Crippen LogP contribution in [-0.2, 0) is 20.7 Å². The number of esters is 1. The van der Waals surface area contributed by atoms with E-state index in [-0.39, 0.29) is 12.5 Å². The molecule has 23 heavy (non-hydrogen) atoms. The summed E-state index contributed by atoms with van der Waals surface area (Å²) in [5.74, 6) is 0.0222. The van der Waals surface area contributed by atoms with Crippen molar-refractivity contribution in [1.82, 2.24) is 0 Å². The number of rotatable bonds is 4. The number of benzene rings is 1. The first kappa shape index (κ1) is 15.6. The maximum Gasteiger partial charge on any atom is 0.348 e. The zero-order chi connectivity index (χ0) is 16.2. The minimum atomic E-state index is -0.792. The summed E-state index contributed by atoms with van der Waals surface area (Å²) in [5.41, 5.74) is 1.84. The molecule has 120 valence electrons. The van der Waals surface area contributed by atoms with Crippen molar-refractivity contribution in [3.8, 4) is 5.75 Å². The van der Waals surface area contributed by atoms with Crippen LogP contribution >= 0.6 is 11.3 Å². The van der Waals surface area contributed by atoms with E-state index in [0.29, 0.717) is 24.3 Å². The number of aryl methyl sites for hydroxylation is 1. The summed E-state index contributed by atoms with van der Waals surface area (Å²) < 4.78 is 10.4. The molecule has 1 aromatic heterocycles. The van der Waals surface area contributed by atoms with Crippen molar-refractivity contribution in [1.29, 1.82) is 0 Å². The van der Waals surface area contributed by atoms with Gasteiger partial charge >= 0.3 is 5.97 Å². The van der Waals surface area contributed by atoms with Gasteiger partial charge in [0.15, 0.2) is 0 Å². The van der Waals surface area contributed by atoms with Crippen LogP contribution < -0.4 is 9.64 Å². The van der Waals surface area contributed by atoms with E-state index in [1.807, 2.05) is 35.0 Å². The Hall–Kier alpha value is -2.34. The van der Waals surface area contributed by atoms with Gasteiger partial charge in [-0.2, -0.15) is 11.3 Å². The van der Waals surface area contributed by atoms with Crippen molar-refractivity contribution >= 4 is 28.9 Å². The summed E-state index contributed by atoms with van der Waals surface area (Å²) in [6.07, 6.45) is 0.281. The summed E-state index contributed by atoms with van der Waals surface area (Å²) in [4.78, 5) is 26.1. The van der Waals surface area contributed by atoms with E-state index >= 15 is 0 Å². The number of ether oxygens (including phenoxy) is 2. The molecule has 3 rings (SSSR count). The maximum atomic E-state index is 12.6. The van der Waals surface area contributed by atoms with E-state index in [1.165, 1.54) is 7.11 Å². The van der Waals surface area contributed by atoms with Crippen LogP contribution in [0, 0.1) is 0 Å². The topological polar surface area (TPSA) is 55.8 Å². The number of para-hydroxylation sites is 2. The summed E-state index contributed by atoms with van der Waals surface area (Å²) in [5, 5.41) is 4.04. The van der Waals surface area contributed by atoms with E-state index in [0.717, 1.165) is 5.56 Å². The normalized spacial score (nSPS) is 16.4. The highest BCUT2D eigenvalue weighted by atomic mass is 32.1. The van der Waals surface area contributed by atoms with Crippen LogP contribution in [0.3, 0.4) is 0 Å². The Morgan fingerprint density at radius 3 is 2.91 bits per heavy atom. The fourth-order valence-corrected chi connectivity index (χ4v) is 3.25. The van der Waals surface area contributed by atoms with Gasteiger partial charge in [-0.25, -0.2) is 4.79 Å². The van der Waals surface area contributed by atoms with Crippen LogP contribution in [0.1, 0.15) is 12.0 Å². The lowest BCUT2D eigenvalue weighted by Gasteiger charge is -2.33. The number of anilines is 1. The number of hydrogen-bond acceptors (Lipinski definition) is 5. The van der Waals surface area contributed by atoms with E-state index in [2.05, 4.69) is 0 Å². The molecule has 1 aliphatic rings. The van der Waals surface area contributed by atoms with Crippen molar-refractivity contribution < 1.29 is 19.1 Å². The Bertz CT molecular complexity index is 698. The Morgan fingerprint density at radius 2 is 2.17 bits per heavy atom. The number of amides is 1. The predicted molar refractivity (Wildman–Crippen MR) is 87.9 cm³/mol. The molecular formula is C17H17NO4S. The zero-order valence-corrected chi connectivity index (χ0v) is 13.5. The molecule has 1 unspecified atom stereocenters. The lowest BCUT2D eigenvalue weighted by atomic mass is 10.1. The first-order chi connectivity index (χ1) is 11.2. The third-order valence-corrected chi connectivity index (χ3v) is 4.48. The number of methoxy groups -OCH3 is 1. The van der Waals surface area contributed by atoms with Gasteiger partial charge in [0.25, 0.3) is 0 Å². The SMILES string of the molecule is COC(=O)C1CN(C(=O)CCc2ccsc2)c2ccccc2O1. The summed E-state index contributed by atoms with van der Waals surface area (Å²) in [6, 6.07) is 9.25. The minimum Gasteiger partial charge on any atom is -0.475 e. The van der Waals surface area contributed by atoms with Gasteiger partial charge in [-0.1, -0.05) is 12.1 Å². The molecule has 6 heteroatoms. The fourth-order valence-electron chi connectivity index (χ4n) is 2.55. The highest BCUT2D eigenvalue weighted by molar-refractivity contribution is 7.07. The Labute approximate surface area is 138 Å². The van der Waals surface area contributed by atoms with Gasteiger partial charge in [0, 0.05) is 6.42 Å². The molecule has 1 aromatic carbocycles. The second-order valence-corrected chi connectivity index (χ2v) is 6.01. The van der Waals surface area contributed by atoms with Gasteiger partial charge in [-0.05, 0) is 40.9 Å². The van der Waals surface area contributed by atoms with Gasteiger partial charge in [0.05, 0.1) is 19.3 Å². The average molecular weight is 331 g/mol. The Kier molecular flexibility index (Phi) is 4.62. The second kappa shape index (κ2) is 6.83. The summed E-state index contributed by atoms with van der Waals surface area (Å²) >= 11 is 1.62. The number of carbonyl (C=O) groups is 2. The van der Waals surface area contributed by atoms with Crippen molar-refractivity contribution in [2.45, 2.75) is 18.9 Å². The molecule has 1 amide bonds. The third kappa shape index (κ3) is 3.37. The number of nitrogens with zero attached hydrogens (tertiary/aromatic N) is 1. The molecule has 2 aromatic rings. The van der Waals surface area contributed by atoms with Gasteiger partial charge in [0.2, 0.25) is 12.0 Å². The summed E-state index contributed by atoms with van der Waals surface area (Å²) in [7, 11) is 1.31. The van der Waals surface area contributed by atoms with Crippen molar-refractivity contribution in [3.05, 3.63) is 46.7 Å². The average Bonchev–Trinajstić information content (AvgIpc) is 3.11. The van der Waals surface area contributed by atoms with Crippen molar-refractivity contribution in [3.63, 3.8) is 0 Å². The van der Waals surface area contributed by atoms with E-state index in [1.54, 1.807) is 22.3 Å². The minimum absolute atomic E-state index is 0.0270. The lowest BCUT2D eigenvalue weighted by molar-refractivity contribution is -0.148. The molecule has 0 saturated heterocycles. The number of thiophene rings is 1. The van der Waals surface area contributed by atoms with E-state index in [9.17, 15) is 9.59 Å². The van der Waals surface area contributed by atoms with Gasteiger partial charge in [-0.15, -0.1) is 0 Å². The number of carbonyl (C=O) groups excluding carboxylic acids is 2. The van der Waals surface area contributed by atoms with E-state index in [4.69, 9.17) is 9.47 Å². The molecule has 2 heterocycles. The lowest BCUT2D eigenvalue weighted by Crippen LogP contribution is -2.47.